The largest absolute Gasteiger partial charge is 0.496 e. The lowest BCUT2D eigenvalue weighted by Gasteiger charge is -2.15. The number of nitrogens with zero attached hydrogens (tertiary/aromatic N) is 1. The summed E-state index contributed by atoms with van der Waals surface area (Å²) >= 11 is 0. The molecule has 1 saturated carbocycles. The third kappa shape index (κ3) is 6.07. The standard InChI is InChI=1S/C31H33N3O6S/c1-20-9-4-7-14-29(20)41(37,38)33-30(35)24-12-8-13-28(39-3)26(24)17-21-19-34(2)27-16-15-22(18-25(21)27)32-31(36)40-23-10-5-6-11-23/h4,7-9,12-16,18-19,23H,5-6,10-11,17H2,1-3H3,(H,32,36)(H,33,35). The molecule has 9 nitrogen and oxygen atoms in total. The van der Waals surface area contributed by atoms with E-state index in [0.29, 0.717) is 22.6 Å². The molecule has 41 heavy (non-hydrogen) atoms. The van der Waals surface area contributed by atoms with E-state index in [9.17, 15) is 18.0 Å². The molecular weight excluding hydrogens is 542 g/mol. The third-order valence-electron chi connectivity index (χ3n) is 7.47. The van der Waals surface area contributed by atoms with Crippen LogP contribution in [0.2, 0.25) is 0 Å². The fraction of sp³-hybridized carbons (Fsp3) is 0.290. The van der Waals surface area contributed by atoms with Gasteiger partial charge in [0.1, 0.15) is 11.9 Å². The lowest BCUT2D eigenvalue weighted by molar-refractivity contribution is 0.0979. The molecule has 0 bridgehead atoms. The summed E-state index contributed by atoms with van der Waals surface area (Å²) in [5.74, 6) is -0.295. The summed E-state index contributed by atoms with van der Waals surface area (Å²) in [6, 6.07) is 17.1. The van der Waals surface area contributed by atoms with E-state index < -0.39 is 22.0 Å². The maximum absolute atomic E-state index is 13.4. The SMILES string of the molecule is COc1cccc(C(=O)NS(=O)(=O)c2ccccc2C)c1Cc1cn(C)c2ccc(NC(=O)OC3CCCC3)cc12. The number of benzene rings is 3. The van der Waals surface area contributed by atoms with Crippen molar-refractivity contribution in [2.24, 2.45) is 7.05 Å². The number of carbonyl (C=O) groups excluding carboxylic acids is 2. The Bertz CT molecular complexity index is 1720. The van der Waals surface area contributed by atoms with Gasteiger partial charge in [0, 0.05) is 47.4 Å². The number of sulfonamides is 1. The topological polar surface area (TPSA) is 116 Å². The van der Waals surface area contributed by atoms with Crippen molar-refractivity contribution >= 4 is 38.6 Å². The Morgan fingerprint density at radius 3 is 2.51 bits per heavy atom. The molecule has 2 N–H and O–H groups in total. The molecule has 1 aliphatic rings. The molecule has 10 heteroatoms. The predicted octanol–water partition coefficient (Wildman–Crippen LogP) is 5.70. The number of amides is 2. The third-order valence-corrected chi connectivity index (χ3v) is 8.96. The fourth-order valence-electron chi connectivity index (χ4n) is 5.43. The van der Waals surface area contributed by atoms with E-state index in [-0.39, 0.29) is 23.0 Å². The van der Waals surface area contributed by atoms with Crippen LogP contribution in [0.25, 0.3) is 10.9 Å². The highest BCUT2D eigenvalue weighted by Crippen LogP contribution is 2.31. The van der Waals surface area contributed by atoms with Crippen molar-refractivity contribution in [3.8, 4) is 5.75 Å². The van der Waals surface area contributed by atoms with Gasteiger partial charge >= 0.3 is 6.09 Å². The Labute approximate surface area is 239 Å². The molecule has 0 unspecified atom stereocenters. The van der Waals surface area contributed by atoms with Crippen LogP contribution >= 0.6 is 0 Å². The van der Waals surface area contributed by atoms with Crippen molar-refractivity contribution in [3.05, 3.63) is 89.1 Å². The van der Waals surface area contributed by atoms with Gasteiger partial charge in [0.2, 0.25) is 0 Å². The maximum atomic E-state index is 13.4. The Morgan fingerprint density at radius 1 is 1.02 bits per heavy atom. The molecule has 1 aliphatic carbocycles. The molecule has 1 fully saturated rings. The van der Waals surface area contributed by atoms with Crippen molar-refractivity contribution in [2.75, 3.05) is 12.4 Å². The van der Waals surface area contributed by atoms with Gasteiger partial charge < -0.3 is 14.0 Å². The minimum atomic E-state index is -4.10. The molecule has 0 spiro atoms. The van der Waals surface area contributed by atoms with Crippen molar-refractivity contribution in [1.82, 2.24) is 9.29 Å². The zero-order valence-electron chi connectivity index (χ0n) is 23.3. The number of aryl methyl sites for hydroxylation is 2. The highest BCUT2D eigenvalue weighted by atomic mass is 32.2. The molecule has 3 aromatic carbocycles. The number of ether oxygens (including phenoxy) is 2. The molecular formula is C31H33N3O6S. The van der Waals surface area contributed by atoms with E-state index in [0.717, 1.165) is 42.1 Å². The molecule has 4 aromatic rings. The van der Waals surface area contributed by atoms with E-state index in [1.807, 2.05) is 36.0 Å². The number of hydrogen-bond donors (Lipinski definition) is 2. The first-order valence-electron chi connectivity index (χ1n) is 13.5. The van der Waals surface area contributed by atoms with Crippen LogP contribution in [-0.2, 0) is 28.2 Å². The maximum Gasteiger partial charge on any atom is 0.411 e. The smallest absolute Gasteiger partial charge is 0.411 e. The van der Waals surface area contributed by atoms with E-state index in [2.05, 4.69) is 10.0 Å². The van der Waals surface area contributed by atoms with Crippen LogP contribution in [0.15, 0.2) is 71.8 Å². The highest BCUT2D eigenvalue weighted by Gasteiger charge is 2.24. The molecule has 0 radical (unpaired) electrons. The van der Waals surface area contributed by atoms with Crippen LogP contribution in [0.5, 0.6) is 5.75 Å². The molecule has 1 aromatic heterocycles. The first kappa shape index (κ1) is 28.2. The van der Waals surface area contributed by atoms with Crippen molar-refractivity contribution in [1.29, 1.82) is 0 Å². The number of anilines is 1. The van der Waals surface area contributed by atoms with Gasteiger partial charge in [0.15, 0.2) is 0 Å². The summed E-state index contributed by atoms with van der Waals surface area (Å²) in [6.07, 6.45) is 5.61. The number of methoxy groups -OCH3 is 1. The number of fused-ring (bicyclic) bond motifs is 1. The molecule has 0 aliphatic heterocycles. The second-order valence-corrected chi connectivity index (χ2v) is 11.9. The molecule has 5 rings (SSSR count). The summed E-state index contributed by atoms with van der Waals surface area (Å²) in [7, 11) is -0.680. The van der Waals surface area contributed by atoms with Gasteiger partial charge in [-0.2, -0.15) is 0 Å². The average molecular weight is 576 g/mol. The Morgan fingerprint density at radius 2 is 1.78 bits per heavy atom. The van der Waals surface area contributed by atoms with Crippen molar-refractivity contribution in [3.63, 3.8) is 0 Å². The van der Waals surface area contributed by atoms with Gasteiger partial charge in [0.25, 0.3) is 15.9 Å². The van der Waals surface area contributed by atoms with Gasteiger partial charge in [-0.3, -0.25) is 10.1 Å². The van der Waals surface area contributed by atoms with Crippen LogP contribution < -0.4 is 14.8 Å². The van der Waals surface area contributed by atoms with Gasteiger partial charge in [0.05, 0.1) is 12.0 Å². The molecule has 214 valence electrons. The van der Waals surface area contributed by atoms with E-state index >= 15 is 0 Å². The summed E-state index contributed by atoms with van der Waals surface area (Å²) in [5, 5.41) is 3.70. The van der Waals surface area contributed by atoms with Gasteiger partial charge in [-0.25, -0.2) is 17.9 Å². The van der Waals surface area contributed by atoms with Gasteiger partial charge in [-0.1, -0.05) is 24.3 Å². The van der Waals surface area contributed by atoms with E-state index in [1.165, 1.54) is 13.2 Å². The van der Waals surface area contributed by atoms with Crippen LogP contribution in [0.1, 0.15) is 52.7 Å². The van der Waals surface area contributed by atoms with Crippen molar-refractivity contribution < 1.29 is 27.5 Å². The number of rotatable bonds is 8. The van der Waals surface area contributed by atoms with Crippen LogP contribution in [0, 0.1) is 6.92 Å². The lowest BCUT2D eigenvalue weighted by atomic mass is 9.97. The van der Waals surface area contributed by atoms with Crippen molar-refractivity contribution in [2.45, 2.75) is 50.0 Å². The zero-order valence-corrected chi connectivity index (χ0v) is 24.1. The minimum absolute atomic E-state index is 0.0401. The summed E-state index contributed by atoms with van der Waals surface area (Å²) in [5.41, 5.74) is 3.65. The van der Waals surface area contributed by atoms with Gasteiger partial charge in [-0.05, 0) is 80.1 Å². The number of hydrogen-bond acceptors (Lipinski definition) is 6. The fourth-order valence-corrected chi connectivity index (χ4v) is 6.64. The Balaban J connectivity index is 1.45. The van der Waals surface area contributed by atoms with E-state index in [1.54, 1.807) is 43.3 Å². The summed E-state index contributed by atoms with van der Waals surface area (Å²) in [4.78, 5) is 25.9. The van der Waals surface area contributed by atoms with Gasteiger partial charge in [-0.15, -0.1) is 0 Å². The number of aromatic nitrogens is 1. The second kappa shape index (κ2) is 11.7. The van der Waals surface area contributed by atoms with E-state index in [4.69, 9.17) is 9.47 Å². The first-order chi connectivity index (χ1) is 19.7. The molecule has 0 saturated heterocycles. The Hall–Kier alpha value is -4.31. The highest BCUT2D eigenvalue weighted by molar-refractivity contribution is 7.90. The quantitative estimate of drug-likeness (QED) is 0.279. The monoisotopic (exact) mass is 575 g/mol. The Kier molecular flexibility index (Phi) is 8.03. The summed E-state index contributed by atoms with van der Waals surface area (Å²) < 4.78 is 41.4. The van der Waals surface area contributed by atoms with Crippen LogP contribution in [0.4, 0.5) is 10.5 Å². The van der Waals surface area contributed by atoms with Crippen LogP contribution in [0.3, 0.4) is 0 Å². The lowest BCUT2D eigenvalue weighted by Crippen LogP contribution is -2.31. The molecule has 1 heterocycles. The molecule has 0 atom stereocenters. The number of carbonyl (C=O) groups is 2. The normalized spacial score (nSPS) is 13.7. The summed E-state index contributed by atoms with van der Waals surface area (Å²) in [6.45, 7) is 1.67. The number of nitrogens with one attached hydrogen (secondary N) is 2. The average Bonchev–Trinajstić information content (AvgIpc) is 3.55. The minimum Gasteiger partial charge on any atom is -0.496 e. The predicted molar refractivity (Wildman–Crippen MR) is 157 cm³/mol. The second-order valence-electron chi connectivity index (χ2n) is 10.3. The zero-order chi connectivity index (χ0) is 29.1. The first-order valence-corrected chi connectivity index (χ1v) is 15.0. The van der Waals surface area contributed by atoms with Crippen LogP contribution in [-0.4, -0.2) is 38.2 Å². The molecule has 2 amide bonds.